The molecule has 1 amide bonds. The molecule has 25 heavy (non-hydrogen) atoms. The van der Waals surface area contributed by atoms with Gasteiger partial charge in [-0.2, -0.15) is 4.98 Å². The summed E-state index contributed by atoms with van der Waals surface area (Å²) in [7, 11) is 0. The minimum Gasteiger partial charge on any atom is -0.444 e. The smallest absolute Gasteiger partial charge is 0.407 e. The number of ether oxygens (including phenoxy) is 1. The first-order valence-electron chi connectivity index (χ1n) is 8.34. The lowest BCUT2D eigenvalue weighted by molar-refractivity contribution is 0.0500. The van der Waals surface area contributed by atoms with Gasteiger partial charge in [-0.15, -0.1) is 0 Å². The van der Waals surface area contributed by atoms with Crippen molar-refractivity contribution in [1.82, 2.24) is 20.3 Å². The molecule has 0 spiro atoms. The summed E-state index contributed by atoms with van der Waals surface area (Å²) in [6.45, 7) is 6.99. The number of alkyl carbamates (subject to hydrolysis) is 1. The molecule has 0 aromatic carbocycles. The van der Waals surface area contributed by atoms with Crippen molar-refractivity contribution in [3.05, 3.63) is 23.6 Å². The van der Waals surface area contributed by atoms with Crippen molar-refractivity contribution in [1.29, 1.82) is 0 Å². The van der Waals surface area contributed by atoms with Crippen LogP contribution in [0.2, 0.25) is 5.28 Å². The van der Waals surface area contributed by atoms with Gasteiger partial charge in [0.05, 0.1) is 5.52 Å². The third kappa shape index (κ3) is 4.48. The molecule has 3 heterocycles. The van der Waals surface area contributed by atoms with Gasteiger partial charge in [-0.1, -0.05) is 0 Å². The second-order valence-electron chi connectivity index (χ2n) is 7.12. The fraction of sp³-hybridized carbons (Fsp3) is 0.529. The quantitative estimate of drug-likeness (QED) is 0.825. The van der Waals surface area contributed by atoms with Crippen molar-refractivity contribution >= 4 is 34.5 Å². The number of hydrogen-bond acceptors (Lipinski definition) is 6. The van der Waals surface area contributed by atoms with E-state index in [2.05, 4.69) is 25.2 Å². The molecule has 1 saturated heterocycles. The van der Waals surface area contributed by atoms with E-state index < -0.39 is 11.7 Å². The first-order chi connectivity index (χ1) is 11.8. The summed E-state index contributed by atoms with van der Waals surface area (Å²) in [6, 6.07) is 3.66. The molecule has 0 unspecified atom stereocenters. The van der Waals surface area contributed by atoms with Crippen molar-refractivity contribution in [2.75, 3.05) is 18.0 Å². The Hall–Kier alpha value is -2.15. The normalized spacial score (nSPS) is 18.2. The summed E-state index contributed by atoms with van der Waals surface area (Å²) in [5.41, 5.74) is 0.906. The molecule has 1 atom stereocenters. The van der Waals surface area contributed by atoms with Gasteiger partial charge in [0.15, 0.2) is 5.82 Å². The van der Waals surface area contributed by atoms with Crippen LogP contribution in [0, 0.1) is 0 Å². The number of nitrogens with zero attached hydrogens (tertiary/aromatic N) is 4. The number of amides is 1. The lowest BCUT2D eigenvalue weighted by Gasteiger charge is -2.34. The molecule has 8 heteroatoms. The second kappa shape index (κ2) is 7.00. The van der Waals surface area contributed by atoms with Gasteiger partial charge in [0, 0.05) is 25.3 Å². The Labute approximate surface area is 151 Å². The van der Waals surface area contributed by atoms with Crippen LogP contribution in [0.15, 0.2) is 18.3 Å². The fourth-order valence-corrected chi connectivity index (χ4v) is 3.08. The number of anilines is 1. The molecule has 3 rings (SSSR count). The summed E-state index contributed by atoms with van der Waals surface area (Å²) in [5, 5.41) is 3.13. The predicted octanol–water partition coefficient (Wildman–Crippen LogP) is 3.17. The van der Waals surface area contributed by atoms with Crippen LogP contribution in [-0.4, -0.2) is 45.8 Å². The number of rotatable bonds is 2. The van der Waals surface area contributed by atoms with Crippen LogP contribution in [0.5, 0.6) is 0 Å². The molecule has 1 N–H and O–H groups in total. The minimum absolute atomic E-state index is 0.0175. The van der Waals surface area contributed by atoms with Crippen LogP contribution >= 0.6 is 11.6 Å². The summed E-state index contributed by atoms with van der Waals surface area (Å²) in [6.07, 6.45) is 3.13. The Kier molecular flexibility index (Phi) is 4.94. The lowest BCUT2D eigenvalue weighted by Crippen LogP contribution is -2.49. The Balaban J connectivity index is 1.77. The highest BCUT2D eigenvalue weighted by Crippen LogP contribution is 2.26. The van der Waals surface area contributed by atoms with Crippen LogP contribution in [0.3, 0.4) is 0 Å². The number of carbonyl (C=O) groups is 1. The Morgan fingerprint density at radius 1 is 1.40 bits per heavy atom. The highest BCUT2D eigenvalue weighted by molar-refractivity contribution is 6.28. The zero-order valence-corrected chi connectivity index (χ0v) is 15.4. The summed E-state index contributed by atoms with van der Waals surface area (Å²) < 4.78 is 5.34. The molecule has 1 aliphatic rings. The first kappa shape index (κ1) is 17.7. The van der Waals surface area contributed by atoms with Crippen LogP contribution in [-0.2, 0) is 4.74 Å². The predicted molar refractivity (Wildman–Crippen MR) is 96.9 cm³/mol. The Morgan fingerprint density at radius 2 is 2.20 bits per heavy atom. The van der Waals surface area contributed by atoms with E-state index in [9.17, 15) is 4.79 Å². The minimum atomic E-state index is -0.515. The number of pyridine rings is 1. The highest BCUT2D eigenvalue weighted by atomic mass is 35.5. The molecule has 2 aromatic rings. The van der Waals surface area contributed by atoms with Gasteiger partial charge >= 0.3 is 6.09 Å². The molecular weight excluding hydrogens is 342 g/mol. The van der Waals surface area contributed by atoms with Gasteiger partial charge in [0.25, 0.3) is 0 Å². The summed E-state index contributed by atoms with van der Waals surface area (Å²) >= 11 is 6.07. The number of carbonyl (C=O) groups excluding carboxylic acids is 1. The number of hydrogen-bond donors (Lipinski definition) is 1. The largest absolute Gasteiger partial charge is 0.444 e. The second-order valence-corrected chi connectivity index (χ2v) is 7.46. The van der Waals surface area contributed by atoms with E-state index in [0.717, 1.165) is 19.4 Å². The van der Waals surface area contributed by atoms with E-state index in [1.54, 1.807) is 6.20 Å². The molecule has 1 aliphatic heterocycles. The molecule has 0 aliphatic carbocycles. The van der Waals surface area contributed by atoms with Crippen molar-refractivity contribution in [3.8, 4) is 0 Å². The lowest BCUT2D eigenvalue weighted by atomic mass is 10.1. The van der Waals surface area contributed by atoms with Crippen molar-refractivity contribution in [2.24, 2.45) is 0 Å². The SMILES string of the molecule is CC(C)(C)OC(=O)N[C@@H]1CCCN(c2nc(Cl)nc3cccnc23)C1. The maximum Gasteiger partial charge on any atom is 0.407 e. The molecule has 0 saturated carbocycles. The number of aromatic nitrogens is 3. The van der Waals surface area contributed by atoms with Crippen LogP contribution < -0.4 is 10.2 Å². The average Bonchev–Trinajstić information content (AvgIpc) is 2.52. The summed E-state index contributed by atoms with van der Waals surface area (Å²) in [4.78, 5) is 27.1. The van der Waals surface area contributed by atoms with Gasteiger partial charge in [-0.3, -0.25) is 4.98 Å². The molecule has 7 nitrogen and oxygen atoms in total. The van der Waals surface area contributed by atoms with Gasteiger partial charge in [0.1, 0.15) is 11.1 Å². The van der Waals surface area contributed by atoms with E-state index in [1.807, 2.05) is 32.9 Å². The molecule has 0 bridgehead atoms. The fourth-order valence-electron chi connectivity index (χ4n) is 2.91. The topological polar surface area (TPSA) is 80.2 Å². The van der Waals surface area contributed by atoms with Crippen LogP contribution in [0.4, 0.5) is 10.6 Å². The zero-order valence-electron chi connectivity index (χ0n) is 14.6. The van der Waals surface area contributed by atoms with Crippen LogP contribution in [0.25, 0.3) is 11.0 Å². The zero-order chi connectivity index (χ0) is 18.0. The van der Waals surface area contributed by atoms with E-state index in [1.165, 1.54) is 0 Å². The third-order valence-electron chi connectivity index (χ3n) is 3.85. The van der Waals surface area contributed by atoms with Gasteiger partial charge in [0.2, 0.25) is 5.28 Å². The molecule has 134 valence electrons. The van der Waals surface area contributed by atoms with E-state index in [4.69, 9.17) is 16.3 Å². The number of nitrogens with one attached hydrogen (secondary N) is 1. The maximum atomic E-state index is 12.0. The molecule has 0 radical (unpaired) electrons. The van der Waals surface area contributed by atoms with E-state index in [-0.39, 0.29) is 11.3 Å². The van der Waals surface area contributed by atoms with Crippen LogP contribution in [0.1, 0.15) is 33.6 Å². The Morgan fingerprint density at radius 3 is 2.96 bits per heavy atom. The molecular formula is C17H22ClN5O2. The molecule has 1 fully saturated rings. The van der Waals surface area contributed by atoms with Gasteiger partial charge in [-0.25, -0.2) is 9.78 Å². The van der Waals surface area contributed by atoms with Crippen molar-refractivity contribution in [3.63, 3.8) is 0 Å². The molecule has 2 aromatic heterocycles. The third-order valence-corrected chi connectivity index (χ3v) is 4.02. The first-order valence-corrected chi connectivity index (χ1v) is 8.72. The van der Waals surface area contributed by atoms with Crippen molar-refractivity contribution < 1.29 is 9.53 Å². The Bertz CT molecular complexity index is 777. The monoisotopic (exact) mass is 363 g/mol. The van der Waals surface area contributed by atoms with Crippen molar-refractivity contribution in [2.45, 2.75) is 45.3 Å². The number of piperidine rings is 1. The average molecular weight is 364 g/mol. The number of fused-ring (bicyclic) bond motifs is 1. The summed E-state index contributed by atoms with van der Waals surface area (Å²) in [5.74, 6) is 0.700. The maximum absolute atomic E-state index is 12.0. The number of halogens is 1. The van der Waals surface area contributed by atoms with E-state index in [0.29, 0.717) is 23.4 Å². The highest BCUT2D eigenvalue weighted by Gasteiger charge is 2.26. The standard InChI is InChI=1S/C17H22ClN5O2/c1-17(2,3)25-16(24)20-11-6-5-9-23(10-11)14-13-12(7-4-8-19-13)21-15(18)22-14/h4,7-8,11H,5-6,9-10H2,1-3H3,(H,20,24)/t11-/m1/s1. The van der Waals surface area contributed by atoms with Gasteiger partial charge < -0.3 is 15.0 Å². The van der Waals surface area contributed by atoms with E-state index >= 15 is 0 Å². The van der Waals surface area contributed by atoms with Gasteiger partial charge in [-0.05, 0) is 57.3 Å².